The Morgan fingerprint density at radius 3 is 2.76 bits per heavy atom. The van der Waals surface area contributed by atoms with Crippen LogP contribution in [0.15, 0.2) is 51.5 Å². The van der Waals surface area contributed by atoms with Crippen molar-refractivity contribution in [2.24, 2.45) is 5.92 Å². The van der Waals surface area contributed by atoms with Gasteiger partial charge in [-0.05, 0) is 48.7 Å². The van der Waals surface area contributed by atoms with E-state index in [2.05, 4.69) is 29.4 Å². The van der Waals surface area contributed by atoms with Gasteiger partial charge in [-0.15, -0.1) is 0 Å². The molecule has 0 spiro atoms. The number of aromatic nitrogens is 1. The van der Waals surface area contributed by atoms with E-state index in [4.69, 9.17) is 8.83 Å². The van der Waals surface area contributed by atoms with Crippen molar-refractivity contribution in [3.8, 4) is 11.5 Å². The molecule has 2 aromatic heterocycles. The van der Waals surface area contributed by atoms with Crippen LogP contribution in [0, 0.1) is 11.7 Å². The van der Waals surface area contributed by atoms with E-state index in [1.54, 1.807) is 18.4 Å². The fourth-order valence-electron chi connectivity index (χ4n) is 2.98. The molecule has 1 N–H and O–H groups in total. The topological polar surface area (TPSA) is 51.2 Å². The smallest absolute Gasteiger partial charge is 0.226 e. The van der Waals surface area contributed by atoms with Gasteiger partial charge in [-0.1, -0.05) is 6.92 Å². The lowest BCUT2D eigenvalue weighted by molar-refractivity contribution is 0.445. The second kappa shape index (κ2) is 6.84. The SMILES string of the molecule is CC1CC1c1ccc(CNCCc2coc(-c3ccc(F)cc3)n2)o1. The van der Waals surface area contributed by atoms with Gasteiger partial charge in [0.2, 0.25) is 5.89 Å². The van der Waals surface area contributed by atoms with Crippen LogP contribution in [0.2, 0.25) is 0 Å². The molecule has 25 heavy (non-hydrogen) atoms. The lowest BCUT2D eigenvalue weighted by atomic mass is 10.2. The van der Waals surface area contributed by atoms with E-state index in [-0.39, 0.29) is 5.82 Å². The molecule has 0 amide bonds. The second-order valence-electron chi connectivity index (χ2n) is 6.70. The van der Waals surface area contributed by atoms with Gasteiger partial charge in [0, 0.05) is 24.4 Å². The lowest BCUT2D eigenvalue weighted by Crippen LogP contribution is -2.16. The highest BCUT2D eigenvalue weighted by Gasteiger charge is 2.36. The molecule has 2 unspecified atom stereocenters. The predicted molar refractivity (Wildman–Crippen MR) is 92.5 cm³/mol. The minimum Gasteiger partial charge on any atom is -0.464 e. The summed E-state index contributed by atoms with van der Waals surface area (Å²) in [4.78, 5) is 4.45. The molecule has 0 saturated heterocycles. The Kier molecular flexibility index (Phi) is 4.40. The zero-order chi connectivity index (χ0) is 17.2. The highest BCUT2D eigenvalue weighted by molar-refractivity contribution is 5.52. The Morgan fingerprint density at radius 1 is 1.20 bits per heavy atom. The number of nitrogens with one attached hydrogen (secondary N) is 1. The number of oxazole rings is 1. The Labute approximate surface area is 146 Å². The van der Waals surface area contributed by atoms with E-state index in [0.29, 0.717) is 18.4 Å². The van der Waals surface area contributed by atoms with Gasteiger partial charge in [-0.3, -0.25) is 0 Å². The van der Waals surface area contributed by atoms with Crippen molar-refractivity contribution in [2.45, 2.75) is 32.2 Å². The van der Waals surface area contributed by atoms with E-state index in [1.165, 1.54) is 18.6 Å². The summed E-state index contributed by atoms with van der Waals surface area (Å²) in [5, 5.41) is 3.37. The Balaban J connectivity index is 1.25. The maximum atomic E-state index is 13.0. The van der Waals surface area contributed by atoms with Crippen molar-refractivity contribution in [1.82, 2.24) is 10.3 Å². The normalized spacial score (nSPS) is 19.3. The first-order chi connectivity index (χ1) is 12.2. The van der Waals surface area contributed by atoms with Crippen molar-refractivity contribution in [3.05, 3.63) is 65.7 Å². The first kappa shape index (κ1) is 16.1. The van der Waals surface area contributed by atoms with Crippen molar-refractivity contribution in [2.75, 3.05) is 6.54 Å². The molecule has 5 heteroatoms. The van der Waals surface area contributed by atoms with Crippen LogP contribution in [0.5, 0.6) is 0 Å². The Hall–Kier alpha value is -2.40. The fraction of sp³-hybridized carbons (Fsp3) is 0.350. The average molecular weight is 340 g/mol. The number of halogens is 1. The minimum atomic E-state index is -0.267. The number of nitrogens with zero attached hydrogens (tertiary/aromatic N) is 1. The summed E-state index contributed by atoms with van der Waals surface area (Å²) in [5.74, 6) is 3.72. The van der Waals surface area contributed by atoms with Gasteiger partial charge in [0.25, 0.3) is 0 Å². The Bertz CT molecular complexity index is 838. The number of hydrogen-bond acceptors (Lipinski definition) is 4. The van der Waals surface area contributed by atoms with Gasteiger partial charge in [-0.2, -0.15) is 0 Å². The van der Waals surface area contributed by atoms with E-state index >= 15 is 0 Å². The second-order valence-corrected chi connectivity index (χ2v) is 6.70. The summed E-state index contributed by atoms with van der Waals surface area (Å²) in [6, 6.07) is 10.3. The molecule has 4 rings (SSSR count). The van der Waals surface area contributed by atoms with Crippen LogP contribution in [0.1, 0.15) is 36.5 Å². The molecule has 0 bridgehead atoms. The Morgan fingerprint density at radius 2 is 2.00 bits per heavy atom. The van der Waals surface area contributed by atoms with E-state index in [1.807, 2.05) is 0 Å². The molecule has 2 atom stereocenters. The van der Waals surface area contributed by atoms with Crippen LogP contribution >= 0.6 is 0 Å². The van der Waals surface area contributed by atoms with Gasteiger partial charge in [0.15, 0.2) is 0 Å². The van der Waals surface area contributed by atoms with E-state index in [9.17, 15) is 4.39 Å². The molecule has 0 radical (unpaired) electrons. The van der Waals surface area contributed by atoms with E-state index < -0.39 is 0 Å². The van der Waals surface area contributed by atoms with Crippen molar-refractivity contribution >= 4 is 0 Å². The molecular formula is C20H21FN2O2. The number of rotatable bonds is 7. The summed E-state index contributed by atoms with van der Waals surface area (Å²) in [7, 11) is 0. The lowest BCUT2D eigenvalue weighted by Gasteiger charge is -2.00. The fourth-order valence-corrected chi connectivity index (χ4v) is 2.98. The van der Waals surface area contributed by atoms with Gasteiger partial charge < -0.3 is 14.2 Å². The van der Waals surface area contributed by atoms with Crippen LogP contribution in [0.3, 0.4) is 0 Å². The molecular weight excluding hydrogens is 319 g/mol. The standard InChI is InChI=1S/C20H21FN2O2/c1-13-10-18(13)19-7-6-17(25-19)11-22-9-8-16-12-24-20(23-16)14-2-4-15(21)5-3-14/h2-7,12-13,18,22H,8-11H2,1H3. The van der Waals surface area contributed by atoms with Crippen molar-refractivity contribution in [3.63, 3.8) is 0 Å². The molecule has 1 aliphatic rings. The molecule has 0 aliphatic heterocycles. The van der Waals surface area contributed by atoms with Crippen molar-refractivity contribution in [1.29, 1.82) is 0 Å². The monoisotopic (exact) mass is 340 g/mol. The third-order valence-electron chi connectivity index (χ3n) is 4.66. The molecule has 4 nitrogen and oxygen atoms in total. The first-order valence-electron chi connectivity index (χ1n) is 8.69. The van der Waals surface area contributed by atoms with E-state index in [0.717, 1.165) is 41.7 Å². The molecule has 1 aromatic carbocycles. The van der Waals surface area contributed by atoms with Crippen LogP contribution < -0.4 is 5.32 Å². The third kappa shape index (κ3) is 3.82. The molecule has 1 fully saturated rings. The summed E-state index contributed by atoms with van der Waals surface area (Å²) >= 11 is 0. The zero-order valence-electron chi connectivity index (χ0n) is 14.2. The van der Waals surface area contributed by atoms with Gasteiger partial charge in [-0.25, -0.2) is 9.37 Å². The predicted octanol–water partition coefficient (Wildman–Crippen LogP) is 4.53. The number of furan rings is 1. The highest BCUT2D eigenvalue weighted by atomic mass is 19.1. The van der Waals surface area contributed by atoms with Crippen LogP contribution in [0.25, 0.3) is 11.5 Å². The van der Waals surface area contributed by atoms with Crippen LogP contribution in [-0.2, 0) is 13.0 Å². The van der Waals surface area contributed by atoms with Gasteiger partial charge in [0.05, 0.1) is 12.2 Å². The quantitative estimate of drug-likeness (QED) is 0.642. The zero-order valence-corrected chi connectivity index (χ0v) is 14.2. The first-order valence-corrected chi connectivity index (χ1v) is 8.69. The third-order valence-corrected chi connectivity index (χ3v) is 4.66. The largest absolute Gasteiger partial charge is 0.464 e. The summed E-state index contributed by atoms with van der Waals surface area (Å²) in [6.07, 6.45) is 3.65. The molecule has 1 saturated carbocycles. The summed E-state index contributed by atoms with van der Waals surface area (Å²) in [5.41, 5.74) is 1.65. The molecule has 3 aromatic rings. The average Bonchev–Trinajstić information content (AvgIpc) is 3.03. The van der Waals surface area contributed by atoms with Crippen molar-refractivity contribution < 1.29 is 13.2 Å². The van der Waals surface area contributed by atoms with Crippen LogP contribution in [-0.4, -0.2) is 11.5 Å². The maximum Gasteiger partial charge on any atom is 0.226 e. The van der Waals surface area contributed by atoms with Crippen LogP contribution in [0.4, 0.5) is 4.39 Å². The summed E-state index contributed by atoms with van der Waals surface area (Å²) < 4.78 is 24.3. The van der Waals surface area contributed by atoms with Gasteiger partial charge in [0.1, 0.15) is 23.6 Å². The highest BCUT2D eigenvalue weighted by Crippen LogP contribution is 2.47. The van der Waals surface area contributed by atoms with Gasteiger partial charge >= 0.3 is 0 Å². The minimum absolute atomic E-state index is 0.267. The summed E-state index contributed by atoms with van der Waals surface area (Å²) in [6.45, 7) is 3.75. The number of benzene rings is 1. The number of hydrogen-bond donors (Lipinski definition) is 1. The molecule has 2 heterocycles. The molecule has 130 valence electrons. The molecule has 1 aliphatic carbocycles. The maximum absolute atomic E-state index is 13.0.